The third-order valence-corrected chi connectivity index (χ3v) is 4.29. The average Bonchev–Trinajstić information content (AvgIpc) is 2.54. The lowest BCUT2D eigenvalue weighted by atomic mass is 10.1. The van der Waals surface area contributed by atoms with Gasteiger partial charge in [0.25, 0.3) is 10.0 Å². The Kier molecular flexibility index (Phi) is 5.88. The normalized spacial score (nSPS) is 11.1. The van der Waals surface area contributed by atoms with Gasteiger partial charge in [-0.25, -0.2) is 12.8 Å². The zero-order valence-corrected chi connectivity index (χ0v) is 13.8. The van der Waals surface area contributed by atoms with E-state index in [1.165, 1.54) is 42.5 Å². The molecule has 2 aromatic carbocycles. The van der Waals surface area contributed by atoms with Crippen molar-refractivity contribution in [2.24, 2.45) is 0 Å². The Morgan fingerprint density at radius 3 is 2.50 bits per heavy atom. The third kappa shape index (κ3) is 5.04. The van der Waals surface area contributed by atoms with Crippen LogP contribution in [0.15, 0.2) is 53.4 Å². The van der Waals surface area contributed by atoms with Gasteiger partial charge in [0.15, 0.2) is 0 Å². The highest BCUT2D eigenvalue weighted by Gasteiger charge is 2.15. The molecule has 0 spiro atoms. The zero-order valence-electron chi connectivity index (χ0n) is 13.0. The minimum atomic E-state index is -3.90. The fourth-order valence-corrected chi connectivity index (χ4v) is 2.80. The Hall–Kier alpha value is -2.45. The molecule has 0 atom stereocenters. The monoisotopic (exact) mass is 352 g/mol. The third-order valence-electron chi connectivity index (χ3n) is 3.02. The zero-order chi connectivity index (χ0) is 17.6. The summed E-state index contributed by atoms with van der Waals surface area (Å²) in [4.78, 5) is 13.7. The number of carbonyl (C=O) groups excluding carboxylic acids is 1. The van der Waals surface area contributed by atoms with E-state index in [1.54, 1.807) is 6.07 Å². The highest BCUT2D eigenvalue weighted by atomic mass is 32.2. The summed E-state index contributed by atoms with van der Waals surface area (Å²) >= 11 is 0. The molecule has 0 aromatic heterocycles. The maximum atomic E-state index is 13.0. The number of amides is 1. The average molecular weight is 352 g/mol. The molecule has 6 nitrogen and oxygen atoms in total. The Morgan fingerprint density at radius 2 is 1.88 bits per heavy atom. The van der Waals surface area contributed by atoms with Crippen molar-refractivity contribution in [2.75, 3.05) is 6.61 Å². The first-order valence-electron chi connectivity index (χ1n) is 7.18. The number of nitrogens with one attached hydrogen (secondary N) is 2. The van der Waals surface area contributed by atoms with Gasteiger partial charge < -0.3 is 4.74 Å². The minimum Gasteiger partial charge on any atom is -0.494 e. The molecule has 0 heterocycles. The van der Waals surface area contributed by atoms with Crippen LogP contribution in [0.5, 0.6) is 5.75 Å². The summed E-state index contributed by atoms with van der Waals surface area (Å²) in [5.74, 6) is -0.517. The summed E-state index contributed by atoms with van der Waals surface area (Å²) in [6.45, 7) is 2.29. The summed E-state index contributed by atoms with van der Waals surface area (Å²) in [7, 11) is -3.90. The van der Waals surface area contributed by atoms with Crippen LogP contribution in [0.25, 0.3) is 0 Å². The topological polar surface area (TPSA) is 84.5 Å². The van der Waals surface area contributed by atoms with Crippen LogP contribution in [0.1, 0.15) is 12.5 Å². The lowest BCUT2D eigenvalue weighted by Crippen LogP contribution is -2.42. The highest BCUT2D eigenvalue weighted by Crippen LogP contribution is 2.15. The van der Waals surface area contributed by atoms with Crippen molar-refractivity contribution < 1.29 is 22.3 Å². The Bertz CT molecular complexity index is 807. The summed E-state index contributed by atoms with van der Waals surface area (Å²) in [6, 6.07) is 11.3. The molecular weight excluding hydrogens is 335 g/mol. The van der Waals surface area contributed by atoms with Crippen LogP contribution in [0.2, 0.25) is 0 Å². The molecule has 0 saturated heterocycles. The number of hydrogen-bond acceptors (Lipinski definition) is 4. The van der Waals surface area contributed by atoms with E-state index in [0.717, 1.165) is 0 Å². The van der Waals surface area contributed by atoms with Crippen molar-refractivity contribution in [1.82, 2.24) is 10.3 Å². The van der Waals surface area contributed by atoms with Gasteiger partial charge in [0.2, 0.25) is 5.91 Å². The molecule has 2 N–H and O–H groups in total. The van der Waals surface area contributed by atoms with E-state index in [0.29, 0.717) is 17.9 Å². The van der Waals surface area contributed by atoms with E-state index in [9.17, 15) is 17.6 Å². The molecule has 0 fully saturated rings. The van der Waals surface area contributed by atoms with Crippen molar-refractivity contribution in [1.29, 1.82) is 0 Å². The quantitative estimate of drug-likeness (QED) is 0.744. The summed E-state index contributed by atoms with van der Waals surface area (Å²) in [6.07, 6.45) is -0.149. The van der Waals surface area contributed by atoms with E-state index in [-0.39, 0.29) is 11.3 Å². The smallest absolute Gasteiger partial charge is 0.257 e. The minimum absolute atomic E-state index is 0.0167. The van der Waals surface area contributed by atoms with Crippen LogP contribution in [0.3, 0.4) is 0 Å². The van der Waals surface area contributed by atoms with Gasteiger partial charge >= 0.3 is 0 Å². The fourth-order valence-electron chi connectivity index (χ4n) is 1.94. The van der Waals surface area contributed by atoms with Crippen LogP contribution in [-0.2, 0) is 21.2 Å². The van der Waals surface area contributed by atoms with Crippen LogP contribution >= 0.6 is 0 Å². The van der Waals surface area contributed by atoms with Crippen molar-refractivity contribution in [2.45, 2.75) is 18.2 Å². The molecule has 128 valence electrons. The Morgan fingerprint density at radius 1 is 1.17 bits per heavy atom. The lowest BCUT2D eigenvalue weighted by Gasteiger charge is -2.09. The number of rotatable bonds is 7. The molecule has 0 saturated carbocycles. The second-order valence-electron chi connectivity index (χ2n) is 4.86. The van der Waals surface area contributed by atoms with E-state index in [2.05, 4.69) is 5.43 Å². The second-order valence-corrected chi connectivity index (χ2v) is 6.55. The molecule has 0 bridgehead atoms. The number of halogens is 1. The Balaban J connectivity index is 1.95. The molecule has 0 aliphatic rings. The number of sulfonamides is 1. The van der Waals surface area contributed by atoms with Crippen LogP contribution in [-0.4, -0.2) is 20.9 Å². The number of benzene rings is 2. The molecule has 0 aliphatic heterocycles. The van der Waals surface area contributed by atoms with Crippen molar-refractivity contribution >= 4 is 15.9 Å². The van der Waals surface area contributed by atoms with Gasteiger partial charge in [0, 0.05) is 0 Å². The van der Waals surface area contributed by atoms with Gasteiger partial charge in [-0.05, 0) is 48.9 Å². The molecule has 0 aliphatic carbocycles. The van der Waals surface area contributed by atoms with Crippen molar-refractivity contribution in [3.8, 4) is 5.75 Å². The second kappa shape index (κ2) is 7.89. The van der Waals surface area contributed by atoms with Crippen LogP contribution in [0.4, 0.5) is 4.39 Å². The van der Waals surface area contributed by atoms with Crippen molar-refractivity contribution in [3.05, 3.63) is 59.9 Å². The number of hydrazine groups is 1. The summed E-state index contributed by atoms with van der Waals surface area (Å²) < 4.78 is 42.5. The molecule has 0 unspecified atom stereocenters. The maximum Gasteiger partial charge on any atom is 0.257 e. The summed E-state index contributed by atoms with van der Waals surface area (Å²) in [5, 5.41) is 0. The van der Waals surface area contributed by atoms with Crippen molar-refractivity contribution in [3.63, 3.8) is 0 Å². The first-order valence-corrected chi connectivity index (χ1v) is 8.67. The molecule has 0 radical (unpaired) electrons. The molecule has 2 rings (SSSR count). The van der Waals surface area contributed by atoms with E-state index >= 15 is 0 Å². The standard InChI is InChI=1S/C16H17FN2O4S/c1-2-23-14-6-8-15(9-7-14)24(21,22)19-18-16(20)11-12-4-3-5-13(17)10-12/h3-10,19H,2,11H2,1H3,(H,18,20). The first-order chi connectivity index (χ1) is 11.4. The van der Waals surface area contributed by atoms with Crippen LogP contribution in [0, 0.1) is 5.82 Å². The number of carbonyl (C=O) groups is 1. The van der Waals surface area contributed by atoms with Crippen LogP contribution < -0.4 is 15.0 Å². The lowest BCUT2D eigenvalue weighted by molar-refractivity contribution is -0.120. The van der Waals surface area contributed by atoms with Gasteiger partial charge in [0.05, 0.1) is 17.9 Å². The van der Waals surface area contributed by atoms with Gasteiger partial charge in [-0.2, -0.15) is 0 Å². The van der Waals surface area contributed by atoms with E-state index in [1.807, 2.05) is 11.8 Å². The van der Waals surface area contributed by atoms with Gasteiger partial charge in [-0.15, -0.1) is 4.83 Å². The van der Waals surface area contributed by atoms with Gasteiger partial charge in [-0.1, -0.05) is 12.1 Å². The molecule has 2 aromatic rings. The predicted molar refractivity (Wildman–Crippen MR) is 86.2 cm³/mol. The Labute approximate surface area is 139 Å². The molecule has 1 amide bonds. The molecular formula is C16H17FN2O4S. The van der Waals surface area contributed by atoms with E-state index < -0.39 is 21.7 Å². The first kappa shape index (κ1) is 17.9. The van der Waals surface area contributed by atoms with E-state index in [4.69, 9.17) is 4.74 Å². The fraction of sp³-hybridized carbons (Fsp3) is 0.188. The van der Waals surface area contributed by atoms with Gasteiger partial charge in [0.1, 0.15) is 11.6 Å². The maximum absolute atomic E-state index is 13.0. The number of ether oxygens (including phenoxy) is 1. The molecule has 8 heteroatoms. The predicted octanol–water partition coefficient (Wildman–Crippen LogP) is 1.78. The highest BCUT2D eigenvalue weighted by molar-refractivity contribution is 7.89. The summed E-state index contributed by atoms with van der Waals surface area (Å²) in [5.41, 5.74) is 2.54. The van der Waals surface area contributed by atoms with Gasteiger partial charge in [-0.3, -0.25) is 10.2 Å². The SMILES string of the molecule is CCOc1ccc(S(=O)(=O)NNC(=O)Cc2cccc(F)c2)cc1. The number of hydrogen-bond donors (Lipinski definition) is 2. The largest absolute Gasteiger partial charge is 0.494 e. The molecule has 24 heavy (non-hydrogen) atoms.